The first-order chi connectivity index (χ1) is 17.2. The van der Waals surface area contributed by atoms with Crippen molar-refractivity contribution in [2.75, 3.05) is 34.8 Å². The molecule has 2 amide bonds. The fourth-order valence-electron chi connectivity index (χ4n) is 5.40. The van der Waals surface area contributed by atoms with Gasteiger partial charge in [-0.15, -0.1) is 0 Å². The fraction of sp³-hybridized carbons (Fsp3) is 0.400. The van der Waals surface area contributed by atoms with Crippen LogP contribution in [0.1, 0.15) is 79.0 Å². The number of imide groups is 1. The standard InChI is InChI=1S/C30H35N3O2/c1-2-3-4-5-6-7-19-31-27-18-17-26-28-24(27)11-10-12-25(28)29(34)33(30(26)35)23-15-13-22(14-16-23)32-20-8-9-21-32/h10-18,31H,2-9,19-21H2,1H3. The van der Waals surface area contributed by atoms with Gasteiger partial charge in [0.25, 0.3) is 11.8 Å². The predicted molar refractivity (Wildman–Crippen MR) is 145 cm³/mol. The largest absolute Gasteiger partial charge is 0.385 e. The minimum absolute atomic E-state index is 0.255. The molecule has 5 heteroatoms. The summed E-state index contributed by atoms with van der Waals surface area (Å²) in [6.45, 7) is 5.25. The van der Waals surface area contributed by atoms with E-state index in [-0.39, 0.29) is 11.8 Å². The molecule has 1 fully saturated rings. The van der Waals surface area contributed by atoms with E-state index in [4.69, 9.17) is 0 Å². The van der Waals surface area contributed by atoms with Gasteiger partial charge in [-0.05, 0) is 61.7 Å². The van der Waals surface area contributed by atoms with Crippen LogP contribution < -0.4 is 15.1 Å². The summed E-state index contributed by atoms with van der Waals surface area (Å²) in [5.74, 6) is -0.509. The van der Waals surface area contributed by atoms with Gasteiger partial charge in [0.2, 0.25) is 0 Å². The second-order valence-electron chi connectivity index (χ2n) is 9.74. The van der Waals surface area contributed by atoms with Crippen LogP contribution in [0.3, 0.4) is 0 Å². The number of carbonyl (C=O) groups excluding carboxylic acids is 2. The van der Waals surface area contributed by atoms with Gasteiger partial charge < -0.3 is 10.2 Å². The Labute approximate surface area is 208 Å². The molecule has 5 rings (SSSR count). The number of anilines is 3. The van der Waals surface area contributed by atoms with Crippen LogP contribution in [0.4, 0.5) is 17.1 Å². The molecule has 3 aromatic carbocycles. The first kappa shape index (κ1) is 23.4. The van der Waals surface area contributed by atoms with Crippen molar-refractivity contribution in [2.45, 2.75) is 58.3 Å². The first-order valence-electron chi connectivity index (χ1n) is 13.2. The molecular formula is C30H35N3O2. The lowest BCUT2D eigenvalue weighted by Gasteiger charge is -2.28. The van der Waals surface area contributed by atoms with E-state index in [1.165, 1.54) is 49.8 Å². The van der Waals surface area contributed by atoms with Crippen LogP contribution >= 0.6 is 0 Å². The number of amides is 2. The number of nitrogens with one attached hydrogen (secondary N) is 1. The van der Waals surface area contributed by atoms with Crippen molar-refractivity contribution in [3.8, 4) is 0 Å². The van der Waals surface area contributed by atoms with E-state index in [1.807, 2.05) is 54.6 Å². The number of benzene rings is 3. The van der Waals surface area contributed by atoms with Crippen molar-refractivity contribution in [1.29, 1.82) is 0 Å². The molecule has 3 aromatic rings. The highest BCUT2D eigenvalue weighted by Gasteiger charge is 2.34. The lowest BCUT2D eigenvalue weighted by molar-refractivity contribution is 0.0893. The van der Waals surface area contributed by atoms with Crippen LogP contribution in [0.2, 0.25) is 0 Å². The Hall–Kier alpha value is -3.34. The second-order valence-corrected chi connectivity index (χ2v) is 9.74. The molecule has 2 heterocycles. The lowest BCUT2D eigenvalue weighted by atomic mass is 9.92. The maximum Gasteiger partial charge on any atom is 0.265 e. The summed E-state index contributed by atoms with van der Waals surface area (Å²) in [6.07, 6.45) is 9.91. The van der Waals surface area contributed by atoms with E-state index < -0.39 is 0 Å². The zero-order valence-electron chi connectivity index (χ0n) is 20.7. The molecule has 2 aliphatic rings. The molecule has 0 atom stereocenters. The highest BCUT2D eigenvalue weighted by molar-refractivity contribution is 6.36. The molecule has 1 N–H and O–H groups in total. The van der Waals surface area contributed by atoms with Crippen molar-refractivity contribution in [1.82, 2.24) is 0 Å². The average Bonchev–Trinajstić information content (AvgIpc) is 3.43. The third kappa shape index (κ3) is 4.64. The third-order valence-electron chi connectivity index (χ3n) is 7.33. The number of hydrogen-bond acceptors (Lipinski definition) is 4. The molecule has 0 bridgehead atoms. The van der Waals surface area contributed by atoms with Crippen molar-refractivity contribution in [3.63, 3.8) is 0 Å². The van der Waals surface area contributed by atoms with E-state index in [2.05, 4.69) is 17.1 Å². The Morgan fingerprint density at radius 2 is 1.40 bits per heavy atom. The summed E-state index contributed by atoms with van der Waals surface area (Å²) in [5, 5.41) is 5.25. The minimum atomic E-state index is -0.255. The number of nitrogens with zero attached hydrogens (tertiary/aromatic N) is 2. The average molecular weight is 470 g/mol. The zero-order chi connectivity index (χ0) is 24.2. The van der Waals surface area contributed by atoms with E-state index in [0.29, 0.717) is 16.8 Å². The van der Waals surface area contributed by atoms with Crippen molar-refractivity contribution < 1.29 is 9.59 Å². The molecule has 1 saturated heterocycles. The third-order valence-corrected chi connectivity index (χ3v) is 7.33. The molecule has 0 aliphatic carbocycles. The first-order valence-corrected chi connectivity index (χ1v) is 13.2. The summed E-state index contributed by atoms with van der Waals surface area (Å²) in [6, 6.07) is 17.4. The highest BCUT2D eigenvalue weighted by Crippen LogP contribution is 2.36. The number of rotatable bonds is 10. The SMILES string of the molecule is CCCCCCCCNc1ccc2c3c(cccc13)C(=O)N(c1ccc(N3CCCC3)cc1)C2=O. The van der Waals surface area contributed by atoms with Gasteiger partial charge in [-0.3, -0.25) is 9.59 Å². The summed E-state index contributed by atoms with van der Waals surface area (Å²) in [7, 11) is 0. The molecule has 2 aliphatic heterocycles. The normalized spacial score (nSPS) is 15.3. The van der Waals surface area contributed by atoms with Crippen LogP contribution in [-0.4, -0.2) is 31.4 Å². The maximum atomic E-state index is 13.5. The van der Waals surface area contributed by atoms with Gasteiger partial charge in [-0.1, -0.05) is 51.2 Å². The van der Waals surface area contributed by atoms with Gasteiger partial charge in [0.1, 0.15) is 0 Å². The van der Waals surface area contributed by atoms with Crippen LogP contribution in [0.25, 0.3) is 10.8 Å². The van der Waals surface area contributed by atoms with Crippen molar-refractivity contribution in [2.24, 2.45) is 0 Å². The van der Waals surface area contributed by atoms with Gasteiger partial charge in [0.15, 0.2) is 0 Å². The molecular weight excluding hydrogens is 434 g/mol. The summed E-state index contributed by atoms with van der Waals surface area (Å²) in [5.41, 5.74) is 3.93. The highest BCUT2D eigenvalue weighted by atomic mass is 16.2. The summed E-state index contributed by atoms with van der Waals surface area (Å²) < 4.78 is 0. The number of carbonyl (C=O) groups is 2. The topological polar surface area (TPSA) is 52.7 Å². The van der Waals surface area contributed by atoms with Crippen LogP contribution in [-0.2, 0) is 0 Å². The Morgan fingerprint density at radius 1 is 0.743 bits per heavy atom. The monoisotopic (exact) mass is 469 g/mol. The van der Waals surface area contributed by atoms with E-state index in [9.17, 15) is 9.59 Å². The van der Waals surface area contributed by atoms with Gasteiger partial charge in [-0.2, -0.15) is 0 Å². The van der Waals surface area contributed by atoms with Crippen molar-refractivity contribution in [3.05, 3.63) is 65.7 Å². The van der Waals surface area contributed by atoms with E-state index >= 15 is 0 Å². The Morgan fingerprint density at radius 3 is 2.14 bits per heavy atom. The number of hydrogen-bond donors (Lipinski definition) is 1. The summed E-state index contributed by atoms with van der Waals surface area (Å²) in [4.78, 5) is 30.7. The van der Waals surface area contributed by atoms with Gasteiger partial charge in [0, 0.05) is 52.9 Å². The Kier molecular flexibility index (Phi) is 7.03. The predicted octanol–water partition coefficient (Wildman–Crippen LogP) is 7.01. The zero-order valence-corrected chi connectivity index (χ0v) is 20.7. The van der Waals surface area contributed by atoms with Gasteiger partial charge in [0.05, 0.1) is 5.69 Å². The maximum absolute atomic E-state index is 13.5. The molecule has 5 nitrogen and oxygen atoms in total. The van der Waals surface area contributed by atoms with Crippen LogP contribution in [0.15, 0.2) is 54.6 Å². The fourth-order valence-corrected chi connectivity index (χ4v) is 5.40. The lowest BCUT2D eigenvalue weighted by Crippen LogP contribution is -2.40. The van der Waals surface area contributed by atoms with Crippen molar-refractivity contribution >= 4 is 39.6 Å². The molecule has 35 heavy (non-hydrogen) atoms. The molecule has 0 saturated carbocycles. The summed E-state index contributed by atoms with van der Waals surface area (Å²) >= 11 is 0. The quantitative estimate of drug-likeness (QED) is 0.256. The second kappa shape index (κ2) is 10.5. The van der Waals surface area contributed by atoms with Crippen LogP contribution in [0.5, 0.6) is 0 Å². The van der Waals surface area contributed by atoms with Gasteiger partial charge >= 0.3 is 0 Å². The van der Waals surface area contributed by atoms with Crippen LogP contribution in [0, 0.1) is 0 Å². The molecule has 0 aromatic heterocycles. The van der Waals surface area contributed by atoms with E-state index in [1.54, 1.807) is 0 Å². The van der Waals surface area contributed by atoms with Gasteiger partial charge in [-0.25, -0.2) is 4.90 Å². The Bertz CT molecular complexity index is 1190. The molecule has 182 valence electrons. The minimum Gasteiger partial charge on any atom is -0.385 e. The van der Waals surface area contributed by atoms with E-state index in [0.717, 1.165) is 48.2 Å². The molecule has 0 radical (unpaired) electrons. The molecule has 0 unspecified atom stereocenters. The Balaban J connectivity index is 1.36. The smallest absolute Gasteiger partial charge is 0.265 e. The molecule has 0 spiro atoms. The number of unbranched alkanes of at least 4 members (excludes halogenated alkanes) is 5.